The van der Waals surface area contributed by atoms with E-state index in [9.17, 15) is 18.0 Å². The van der Waals surface area contributed by atoms with E-state index in [1.165, 1.54) is 12.1 Å². The van der Waals surface area contributed by atoms with E-state index in [1.807, 2.05) is 30.3 Å². The number of rotatable bonds is 3. The molecule has 0 saturated heterocycles. The van der Waals surface area contributed by atoms with E-state index in [2.05, 4.69) is 16.0 Å². The van der Waals surface area contributed by atoms with Gasteiger partial charge in [0.1, 0.15) is 4.99 Å². The van der Waals surface area contributed by atoms with Gasteiger partial charge in [-0.2, -0.15) is 13.2 Å². The highest BCUT2D eigenvalue weighted by Gasteiger charge is 2.31. The molecule has 0 bridgehead atoms. The molecule has 0 spiro atoms. The molecular weight excluding hydrogens is 375 g/mol. The Morgan fingerprint density at radius 3 is 2.48 bits per heavy atom. The summed E-state index contributed by atoms with van der Waals surface area (Å²) in [6.45, 7) is 1.70. The average molecular weight is 391 g/mol. The van der Waals surface area contributed by atoms with Crippen LogP contribution in [0.25, 0.3) is 0 Å². The molecule has 0 unspecified atom stereocenters. The van der Waals surface area contributed by atoms with Crippen molar-refractivity contribution in [3.63, 3.8) is 0 Å². The molecule has 2 aromatic rings. The fraction of sp³-hybridized carbons (Fsp3) is 0.158. The Bertz CT molecular complexity index is 910. The van der Waals surface area contributed by atoms with Gasteiger partial charge in [0.2, 0.25) is 0 Å². The van der Waals surface area contributed by atoms with Crippen LogP contribution >= 0.6 is 12.2 Å². The number of urea groups is 1. The van der Waals surface area contributed by atoms with E-state index in [0.29, 0.717) is 11.3 Å². The molecule has 0 aliphatic carbocycles. The van der Waals surface area contributed by atoms with E-state index < -0.39 is 17.8 Å². The first-order chi connectivity index (χ1) is 12.8. The Labute approximate surface area is 159 Å². The summed E-state index contributed by atoms with van der Waals surface area (Å²) < 4.78 is 38.8. The van der Waals surface area contributed by atoms with Crippen molar-refractivity contribution in [3.05, 3.63) is 77.0 Å². The van der Waals surface area contributed by atoms with Crippen molar-refractivity contribution in [2.24, 2.45) is 0 Å². The van der Waals surface area contributed by atoms with E-state index >= 15 is 0 Å². The second-order valence-electron chi connectivity index (χ2n) is 6.01. The largest absolute Gasteiger partial charge is 0.416 e. The number of amides is 2. The fourth-order valence-corrected chi connectivity index (χ4v) is 3.25. The van der Waals surface area contributed by atoms with Crippen molar-refractivity contribution in [2.45, 2.75) is 19.1 Å². The van der Waals surface area contributed by atoms with E-state index in [1.54, 1.807) is 6.92 Å². The highest BCUT2D eigenvalue weighted by atomic mass is 32.1. The van der Waals surface area contributed by atoms with Gasteiger partial charge in [-0.05, 0) is 30.7 Å². The minimum atomic E-state index is -4.44. The molecule has 1 aliphatic rings. The molecule has 3 rings (SSSR count). The molecule has 1 heterocycles. The van der Waals surface area contributed by atoms with Gasteiger partial charge < -0.3 is 16.0 Å². The first kappa shape index (κ1) is 18.9. The summed E-state index contributed by atoms with van der Waals surface area (Å²) in [7, 11) is 0. The molecule has 2 aromatic carbocycles. The molecule has 3 N–H and O–H groups in total. The van der Waals surface area contributed by atoms with Gasteiger partial charge in [0.05, 0.1) is 11.6 Å². The SMILES string of the molecule is CC1=C(C(=S)Nc2cccc(C(F)(F)F)c2)[C@H](c2ccccc2)NC(=O)N1. The third-order valence-corrected chi connectivity index (χ3v) is 4.42. The van der Waals surface area contributed by atoms with Gasteiger partial charge in [0.25, 0.3) is 0 Å². The lowest BCUT2D eigenvalue weighted by molar-refractivity contribution is -0.137. The van der Waals surface area contributed by atoms with Gasteiger partial charge >= 0.3 is 12.2 Å². The number of hydrogen-bond donors (Lipinski definition) is 3. The van der Waals surface area contributed by atoms with Crippen molar-refractivity contribution < 1.29 is 18.0 Å². The number of nitrogens with one attached hydrogen (secondary N) is 3. The third-order valence-electron chi connectivity index (χ3n) is 4.09. The lowest BCUT2D eigenvalue weighted by Crippen LogP contribution is -2.45. The maximum atomic E-state index is 12.9. The summed E-state index contributed by atoms with van der Waals surface area (Å²) in [5.41, 5.74) is 1.40. The highest BCUT2D eigenvalue weighted by Crippen LogP contribution is 2.32. The topological polar surface area (TPSA) is 53.2 Å². The average Bonchev–Trinajstić information content (AvgIpc) is 2.61. The predicted molar refractivity (Wildman–Crippen MR) is 101 cm³/mol. The zero-order valence-corrected chi connectivity index (χ0v) is 15.0. The van der Waals surface area contributed by atoms with Gasteiger partial charge in [0, 0.05) is 17.0 Å². The quantitative estimate of drug-likeness (QED) is 0.661. The highest BCUT2D eigenvalue weighted by molar-refractivity contribution is 7.81. The van der Waals surface area contributed by atoms with Gasteiger partial charge in [-0.25, -0.2) is 4.79 Å². The van der Waals surface area contributed by atoms with Gasteiger partial charge in [-0.15, -0.1) is 0 Å². The monoisotopic (exact) mass is 391 g/mol. The molecule has 4 nitrogen and oxygen atoms in total. The molecule has 27 heavy (non-hydrogen) atoms. The Balaban J connectivity index is 1.92. The Morgan fingerprint density at radius 1 is 1.11 bits per heavy atom. The number of anilines is 1. The van der Waals surface area contributed by atoms with Crippen molar-refractivity contribution in [1.82, 2.24) is 10.6 Å². The lowest BCUT2D eigenvalue weighted by atomic mass is 9.95. The van der Waals surface area contributed by atoms with Crippen LogP contribution in [0.4, 0.5) is 23.7 Å². The zero-order valence-electron chi connectivity index (χ0n) is 14.2. The number of carbonyl (C=O) groups excluding carboxylic acids is 1. The van der Waals surface area contributed by atoms with Crippen molar-refractivity contribution in [1.29, 1.82) is 0 Å². The second-order valence-corrected chi connectivity index (χ2v) is 6.42. The second kappa shape index (κ2) is 7.40. The van der Waals surface area contributed by atoms with Crippen molar-refractivity contribution >= 4 is 28.9 Å². The molecule has 1 aliphatic heterocycles. The summed E-state index contributed by atoms with van der Waals surface area (Å²) in [5.74, 6) is 0. The number of allylic oxidation sites excluding steroid dienone is 1. The summed E-state index contributed by atoms with van der Waals surface area (Å²) in [6.07, 6.45) is -4.44. The minimum Gasteiger partial charge on any atom is -0.346 e. The molecule has 0 saturated carbocycles. The molecule has 0 radical (unpaired) electrons. The first-order valence-electron chi connectivity index (χ1n) is 8.07. The Hall–Kier alpha value is -2.87. The summed E-state index contributed by atoms with van der Waals surface area (Å²) in [6, 6.07) is 13.1. The number of carbonyl (C=O) groups is 1. The van der Waals surface area contributed by atoms with Crippen LogP contribution in [0.5, 0.6) is 0 Å². The van der Waals surface area contributed by atoms with Crippen LogP contribution in [-0.4, -0.2) is 11.0 Å². The fourth-order valence-electron chi connectivity index (χ4n) is 2.86. The molecule has 2 amide bonds. The van der Waals surface area contributed by atoms with Crippen molar-refractivity contribution in [3.8, 4) is 0 Å². The zero-order chi connectivity index (χ0) is 19.6. The van der Waals surface area contributed by atoms with Crippen LogP contribution in [0.3, 0.4) is 0 Å². The Morgan fingerprint density at radius 2 is 1.81 bits per heavy atom. The normalized spacial score (nSPS) is 17.2. The first-order valence-corrected chi connectivity index (χ1v) is 8.48. The minimum absolute atomic E-state index is 0.221. The van der Waals surface area contributed by atoms with Gasteiger partial charge in [0.15, 0.2) is 0 Å². The maximum absolute atomic E-state index is 12.9. The molecule has 8 heteroatoms. The van der Waals surface area contributed by atoms with Crippen molar-refractivity contribution in [2.75, 3.05) is 5.32 Å². The van der Waals surface area contributed by atoms with Crippen LogP contribution in [-0.2, 0) is 6.18 Å². The maximum Gasteiger partial charge on any atom is 0.416 e. The predicted octanol–water partition coefficient (Wildman–Crippen LogP) is 4.77. The Kier molecular flexibility index (Phi) is 5.18. The standard InChI is InChI=1S/C19H16F3N3OS/c1-11-15(16(25-18(26)23-11)12-6-3-2-4-7-12)17(27)24-14-9-5-8-13(10-14)19(20,21)22/h2-10,16H,1H3,(H,24,27)(H2,23,25,26)/t16-/m0/s1. The van der Waals surface area contributed by atoms with E-state index in [-0.39, 0.29) is 16.7 Å². The number of hydrogen-bond acceptors (Lipinski definition) is 2. The van der Waals surface area contributed by atoms with E-state index in [4.69, 9.17) is 12.2 Å². The van der Waals surface area contributed by atoms with Gasteiger partial charge in [-0.3, -0.25) is 0 Å². The van der Waals surface area contributed by atoms with Crippen LogP contribution in [0, 0.1) is 0 Å². The molecule has 1 atom stereocenters. The summed E-state index contributed by atoms with van der Waals surface area (Å²) in [4.78, 5) is 12.1. The van der Waals surface area contributed by atoms with Crippen LogP contribution in [0.15, 0.2) is 65.9 Å². The molecule has 0 aromatic heterocycles. The van der Waals surface area contributed by atoms with Crippen LogP contribution in [0.1, 0.15) is 24.1 Å². The van der Waals surface area contributed by atoms with E-state index in [0.717, 1.165) is 17.7 Å². The number of halogens is 3. The van der Waals surface area contributed by atoms with Gasteiger partial charge in [-0.1, -0.05) is 48.6 Å². The number of thiocarbonyl (C=S) groups is 1. The number of benzene rings is 2. The summed E-state index contributed by atoms with van der Waals surface area (Å²) >= 11 is 5.44. The molecule has 0 fully saturated rings. The smallest absolute Gasteiger partial charge is 0.346 e. The molecular formula is C19H16F3N3OS. The third kappa shape index (κ3) is 4.28. The van der Waals surface area contributed by atoms with Crippen LogP contribution < -0.4 is 16.0 Å². The number of alkyl halides is 3. The lowest BCUT2D eigenvalue weighted by Gasteiger charge is -2.30. The molecule has 140 valence electrons. The van der Waals surface area contributed by atoms with Crippen LogP contribution in [0.2, 0.25) is 0 Å². The summed E-state index contributed by atoms with van der Waals surface area (Å²) in [5, 5.41) is 8.30.